The van der Waals surface area contributed by atoms with Gasteiger partial charge in [-0.2, -0.15) is 0 Å². The summed E-state index contributed by atoms with van der Waals surface area (Å²) in [6.45, 7) is 0. The molecule has 1 aliphatic rings. The quantitative estimate of drug-likeness (QED) is 0.855. The van der Waals surface area contributed by atoms with Crippen LogP contribution in [0.1, 0.15) is 15.9 Å². The van der Waals surface area contributed by atoms with Crippen molar-refractivity contribution >= 4 is 11.5 Å². The van der Waals surface area contributed by atoms with Crippen LogP contribution in [0, 0.1) is 0 Å². The highest BCUT2D eigenvalue weighted by atomic mass is 16.5. The second-order valence-electron chi connectivity index (χ2n) is 4.65. The van der Waals surface area contributed by atoms with Crippen LogP contribution in [-0.2, 0) is 6.42 Å². The predicted octanol–water partition coefficient (Wildman–Crippen LogP) is 2.91. The van der Waals surface area contributed by atoms with E-state index >= 15 is 0 Å². The maximum absolute atomic E-state index is 12.5. The smallest absolute Gasteiger partial charge is 0.185 e. The number of benzene rings is 2. The minimum absolute atomic E-state index is 0.107. The summed E-state index contributed by atoms with van der Waals surface area (Å²) in [5.74, 6) is 0.816. The zero-order chi connectivity index (χ0) is 13.2. The van der Waals surface area contributed by atoms with Crippen LogP contribution in [0.25, 0.3) is 0 Å². The van der Waals surface area contributed by atoms with Crippen molar-refractivity contribution in [1.29, 1.82) is 0 Å². The highest BCUT2D eigenvalue weighted by Crippen LogP contribution is 2.27. The van der Waals surface area contributed by atoms with Gasteiger partial charge in [0.15, 0.2) is 5.78 Å². The number of Topliss-reactive ketones (excluding diaryl/α,β-unsaturated/α-hetero) is 1. The molecule has 0 aromatic heterocycles. The lowest BCUT2D eigenvalue weighted by Crippen LogP contribution is -2.27. The second kappa shape index (κ2) is 4.76. The highest BCUT2D eigenvalue weighted by molar-refractivity contribution is 6.03. The minimum Gasteiger partial charge on any atom is -0.497 e. The third-order valence-electron chi connectivity index (χ3n) is 3.44. The fourth-order valence-corrected chi connectivity index (χ4v) is 2.43. The van der Waals surface area contributed by atoms with Gasteiger partial charge in [0.1, 0.15) is 5.75 Å². The lowest BCUT2D eigenvalue weighted by molar-refractivity contribution is 0.0971. The van der Waals surface area contributed by atoms with Crippen LogP contribution in [-0.4, -0.2) is 18.9 Å². The second-order valence-corrected chi connectivity index (χ2v) is 4.65. The summed E-state index contributed by atoms with van der Waals surface area (Å²) in [6.07, 6.45) is 0.742. The van der Waals surface area contributed by atoms with Gasteiger partial charge in [0.25, 0.3) is 0 Å². The minimum atomic E-state index is -0.176. The molecule has 0 bridgehead atoms. The molecule has 3 nitrogen and oxygen atoms in total. The Bertz CT molecular complexity index is 597. The summed E-state index contributed by atoms with van der Waals surface area (Å²) in [5, 5.41) is 3.28. The standard InChI is InChI=1S/C16H15NO2/c1-19-13-7-4-6-12(9-13)16(18)15-10-11-5-2-3-8-14(11)17-15/h2-9,15,17H,10H2,1H3. The molecule has 1 N–H and O–H groups in total. The van der Waals surface area contributed by atoms with Crippen molar-refractivity contribution in [2.45, 2.75) is 12.5 Å². The molecule has 1 atom stereocenters. The van der Waals surface area contributed by atoms with E-state index in [4.69, 9.17) is 4.74 Å². The average Bonchev–Trinajstić information content (AvgIpc) is 2.90. The van der Waals surface area contributed by atoms with Crippen molar-refractivity contribution in [2.75, 3.05) is 12.4 Å². The summed E-state index contributed by atoms with van der Waals surface area (Å²) in [4.78, 5) is 12.5. The van der Waals surface area contributed by atoms with E-state index in [2.05, 4.69) is 11.4 Å². The molecule has 0 radical (unpaired) electrons. The van der Waals surface area contributed by atoms with E-state index in [0.717, 1.165) is 12.1 Å². The van der Waals surface area contributed by atoms with Gasteiger partial charge in [0, 0.05) is 17.7 Å². The first-order valence-corrected chi connectivity index (χ1v) is 6.30. The fraction of sp³-hybridized carbons (Fsp3) is 0.188. The molecule has 3 rings (SSSR count). The fourth-order valence-electron chi connectivity index (χ4n) is 2.43. The highest BCUT2D eigenvalue weighted by Gasteiger charge is 2.27. The van der Waals surface area contributed by atoms with Crippen molar-refractivity contribution in [2.24, 2.45) is 0 Å². The Hall–Kier alpha value is -2.29. The third kappa shape index (κ3) is 2.19. The van der Waals surface area contributed by atoms with Gasteiger partial charge in [-0.05, 0) is 23.8 Å². The van der Waals surface area contributed by atoms with E-state index in [1.165, 1.54) is 5.56 Å². The molecule has 3 heteroatoms. The average molecular weight is 253 g/mol. The molecule has 0 aliphatic carbocycles. The number of fused-ring (bicyclic) bond motifs is 1. The maximum Gasteiger partial charge on any atom is 0.185 e. The predicted molar refractivity (Wildman–Crippen MR) is 74.9 cm³/mol. The van der Waals surface area contributed by atoms with Gasteiger partial charge < -0.3 is 10.1 Å². The van der Waals surface area contributed by atoms with Gasteiger partial charge in [-0.1, -0.05) is 30.3 Å². The number of hydrogen-bond acceptors (Lipinski definition) is 3. The van der Waals surface area contributed by atoms with E-state index in [1.54, 1.807) is 13.2 Å². The number of methoxy groups -OCH3 is 1. The van der Waals surface area contributed by atoms with Crippen LogP contribution in [0.2, 0.25) is 0 Å². The summed E-state index contributed by atoms with van der Waals surface area (Å²) in [5.41, 5.74) is 2.94. The number of ketones is 1. The first-order valence-electron chi connectivity index (χ1n) is 6.30. The van der Waals surface area contributed by atoms with Crippen LogP contribution in [0.5, 0.6) is 5.75 Å². The van der Waals surface area contributed by atoms with Crippen molar-refractivity contribution in [1.82, 2.24) is 0 Å². The van der Waals surface area contributed by atoms with Crippen LogP contribution >= 0.6 is 0 Å². The van der Waals surface area contributed by atoms with Gasteiger partial charge in [-0.25, -0.2) is 0 Å². The Morgan fingerprint density at radius 1 is 1.21 bits per heavy atom. The Balaban J connectivity index is 1.83. The molecule has 96 valence electrons. The van der Waals surface area contributed by atoms with Gasteiger partial charge in [-0.15, -0.1) is 0 Å². The lowest BCUT2D eigenvalue weighted by atomic mass is 10.0. The van der Waals surface area contributed by atoms with E-state index in [1.807, 2.05) is 36.4 Å². The maximum atomic E-state index is 12.5. The molecular formula is C16H15NO2. The summed E-state index contributed by atoms with van der Waals surface area (Å²) in [7, 11) is 1.60. The molecular weight excluding hydrogens is 238 g/mol. The first kappa shape index (κ1) is 11.8. The van der Waals surface area contributed by atoms with Crippen molar-refractivity contribution < 1.29 is 9.53 Å². The molecule has 0 fully saturated rings. The van der Waals surface area contributed by atoms with Crippen LogP contribution in [0.15, 0.2) is 48.5 Å². The molecule has 1 heterocycles. The van der Waals surface area contributed by atoms with E-state index < -0.39 is 0 Å². The number of nitrogens with one attached hydrogen (secondary N) is 1. The zero-order valence-electron chi connectivity index (χ0n) is 10.7. The molecule has 2 aromatic carbocycles. The normalized spacial score (nSPS) is 16.6. The Kier molecular flexibility index (Phi) is 2.95. The van der Waals surface area contributed by atoms with Gasteiger partial charge in [-0.3, -0.25) is 4.79 Å². The molecule has 1 unspecified atom stereocenters. The Morgan fingerprint density at radius 3 is 2.84 bits per heavy atom. The molecule has 2 aromatic rings. The number of rotatable bonds is 3. The number of hydrogen-bond donors (Lipinski definition) is 1. The van der Waals surface area contributed by atoms with E-state index in [-0.39, 0.29) is 11.8 Å². The van der Waals surface area contributed by atoms with Crippen molar-refractivity contribution in [3.05, 3.63) is 59.7 Å². The molecule has 19 heavy (non-hydrogen) atoms. The SMILES string of the molecule is COc1cccc(C(=O)C2Cc3ccccc3N2)c1. The number of carbonyl (C=O) groups excluding carboxylic acids is 1. The molecule has 0 saturated heterocycles. The lowest BCUT2D eigenvalue weighted by Gasteiger charge is -2.11. The molecule has 0 spiro atoms. The Morgan fingerprint density at radius 2 is 2.05 bits per heavy atom. The number of carbonyl (C=O) groups is 1. The van der Waals surface area contributed by atoms with Gasteiger partial charge in [0.05, 0.1) is 13.2 Å². The molecule has 1 aliphatic heterocycles. The third-order valence-corrected chi connectivity index (χ3v) is 3.44. The summed E-state index contributed by atoms with van der Waals surface area (Å²) < 4.78 is 5.16. The van der Waals surface area contributed by atoms with Crippen LogP contribution in [0.4, 0.5) is 5.69 Å². The summed E-state index contributed by atoms with van der Waals surface area (Å²) in [6, 6.07) is 15.2. The largest absolute Gasteiger partial charge is 0.497 e. The number of anilines is 1. The van der Waals surface area contributed by atoms with Crippen LogP contribution < -0.4 is 10.1 Å². The van der Waals surface area contributed by atoms with Crippen molar-refractivity contribution in [3.8, 4) is 5.75 Å². The van der Waals surface area contributed by atoms with Gasteiger partial charge >= 0.3 is 0 Å². The monoisotopic (exact) mass is 253 g/mol. The number of ether oxygens (including phenoxy) is 1. The molecule has 0 saturated carbocycles. The Labute approximate surface area is 112 Å². The van der Waals surface area contributed by atoms with E-state index in [0.29, 0.717) is 11.3 Å². The number of para-hydroxylation sites is 1. The first-order chi connectivity index (χ1) is 9.28. The zero-order valence-corrected chi connectivity index (χ0v) is 10.7. The molecule has 0 amide bonds. The van der Waals surface area contributed by atoms with Crippen molar-refractivity contribution in [3.63, 3.8) is 0 Å². The van der Waals surface area contributed by atoms with E-state index in [9.17, 15) is 4.79 Å². The van der Waals surface area contributed by atoms with Gasteiger partial charge in [0.2, 0.25) is 0 Å². The topological polar surface area (TPSA) is 38.3 Å². The summed E-state index contributed by atoms with van der Waals surface area (Å²) >= 11 is 0. The van der Waals surface area contributed by atoms with Crippen LogP contribution in [0.3, 0.4) is 0 Å².